The molecule has 21 heavy (non-hydrogen) atoms. The van der Waals surface area contributed by atoms with Crippen molar-refractivity contribution in [2.24, 2.45) is 5.92 Å². The lowest BCUT2D eigenvalue weighted by Crippen LogP contribution is -2.25. The Kier molecular flexibility index (Phi) is 13.1. The largest absolute Gasteiger partial charge is 0.352 e. The van der Waals surface area contributed by atoms with Crippen molar-refractivity contribution in [1.82, 2.24) is 5.32 Å². The Morgan fingerprint density at radius 1 is 1.14 bits per heavy atom. The number of hydrogen-bond donors (Lipinski definition) is 1. The van der Waals surface area contributed by atoms with E-state index in [4.69, 9.17) is 6.42 Å². The summed E-state index contributed by atoms with van der Waals surface area (Å²) in [4.78, 5) is 11.4. The molecule has 0 aromatic carbocycles. The molecule has 0 saturated heterocycles. The van der Waals surface area contributed by atoms with Crippen LogP contribution < -0.4 is 5.32 Å². The van der Waals surface area contributed by atoms with Gasteiger partial charge in [-0.25, -0.2) is 0 Å². The van der Waals surface area contributed by atoms with Crippen molar-refractivity contribution in [3.63, 3.8) is 0 Å². The van der Waals surface area contributed by atoms with Crippen LogP contribution >= 0.6 is 0 Å². The smallest absolute Gasteiger partial charge is 0.243 e. The van der Waals surface area contributed by atoms with E-state index >= 15 is 0 Å². The highest BCUT2D eigenvalue weighted by atomic mass is 16.1. The number of unbranched alkanes of at least 4 members (excludes halogenated alkanes) is 4. The molecule has 0 fully saturated rings. The van der Waals surface area contributed by atoms with Crippen LogP contribution in [0.2, 0.25) is 0 Å². The number of carbonyl (C=O) groups is 1. The van der Waals surface area contributed by atoms with Gasteiger partial charge in [-0.15, -0.1) is 6.42 Å². The van der Waals surface area contributed by atoms with Crippen molar-refractivity contribution >= 4 is 5.91 Å². The average molecular weight is 285 g/mol. The van der Waals surface area contributed by atoms with Gasteiger partial charge in [0.15, 0.2) is 0 Å². The second kappa shape index (κ2) is 14.5. The fourth-order valence-electron chi connectivity index (χ4n) is 1.62. The molecule has 0 spiro atoms. The van der Waals surface area contributed by atoms with Crippen LogP contribution in [0.25, 0.3) is 0 Å². The van der Waals surface area contributed by atoms with Crippen LogP contribution in [0.1, 0.15) is 52.4 Å². The maximum Gasteiger partial charge on any atom is 0.243 e. The summed E-state index contributed by atoms with van der Waals surface area (Å²) in [6.45, 7) is 4.90. The molecule has 0 rings (SSSR count). The third kappa shape index (κ3) is 16.0. The van der Waals surface area contributed by atoms with Crippen molar-refractivity contribution < 1.29 is 4.79 Å². The van der Waals surface area contributed by atoms with E-state index < -0.39 is 0 Å². The normalized spacial score (nSPS) is 10.6. The Hall–Kier alpha value is -1.93. The fourth-order valence-corrected chi connectivity index (χ4v) is 1.62. The maximum absolute atomic E-state index is 11.4. The summed E-state index contributed by atoms with van der Waals surface area (Å²) in [6.07, 6.45) is 19.1. The number of rotatable bonds is 10. The average Bonchev–Trinajstić information content (AvgIpc) is 2.46. The zero-order valence-corrected chi connectivity index (χ0v) is 13.3. The topological polar surface area (TPSA) is 29.1 Å². The van der Waals surface area contributed by atoms with Gasteiger partial charge in [0.2, 0.25) is 5.91 Å². The van der Waals surface area contributed by atoms with Crippen molar-refractivity contribution in [3.05, 3.63) is 24.3 Å². The van der Waals surface area contributed by atoms with Crippen LogP contribution in [0.15, 0.2) is 24.3 Å². The molecule has 0 atom stereocenters. The lowest BCUT2D eigenvalue weighted by Gasteiger charge is -2.04. The Morgan fingerprint density at radius 2 is 1.86 bits per heavy atom. The predicted octanol–water partition coefficient (Wildman–Crippen LogP) is 3.85. The van der Waals surface area contributed by atoms with Gasteiger partial charge in [0.1, 0.15) is 0 Å². The van der Waals surface area contributed by atoms with Gasteiger partial charge in [0, 0.05) is 13.0 Å². The molecule has 2 heteroatoms. The highest BCUT2D eigenvalue weighted by molar-refractivity contribution is 5.87. The summed E-state index contributed by atoms with van der Waals surface area (Å²) in [7, 11) is 0. The zero-order valence-electron chi connectivity index (χ0n) is 13.3. The fraction of sp³-hybridized carbons (Fsp3) is 0.526. The number of terminal acetylenes is 1. The van der Waals surface area contributed by atoms with Crippen molar-refractivity contribution in [1.29, 1.82) is 0 Å². The highest BCUT2D eigenvalue weighted by Gasteiger charge is 1.96. The van der Waals surface area contributed by atoms with E-state index in [0.29, 0.717) is 5.92 Å². The second-order valence-electron chi connectivity index (χ2n) is 5.30. The Morgan fingerprint density at radius 3 is 2.52 bits per heavy atom. The molecule has 0 saturated carbocycles. The molecule has 0 heterocycles. The monoisotopic (exact) mass is 285 g/mol. The van der Waals surface area contributed by atoms with Crippen LogP contribution in [0.4, 0.5) is 0 Å². The van der Waals surface area contributed by atoms with E-state index in [9.17, 15) is 4.79 Å². The summed E-state index contributed by atoms with van der Waals surface area (Å²) in [5.41, 5.74) is 0. The van der Waals surface area contributed by atoms with Gasteiger partial charge >= 0.3 is 0 Å². The van der Waals surface area contributed by atoms with E-state index in [-0.39, 0.29) is 5.91 Å². The summed E-state index contributed by atoms with van der Waals surface area (Å²) >= 11 is 0. The van der Waals surface area contributed by atoms with Crippen molar-refractivity contribution in [3.8, 4) is 24.2 Å². The van der Waals surface area contributed by atoms with Gasteiger partial charge in [-0.1, -0.05) is 44.4 Å². The first-order valence-electron chi connectivity index (χ1n) is 7.69. The van der Waals surface area contributed by atoms with Crippen LogP contribution in [0.3, 0.4) is 0 Å². The molecular formula is C19H27NO. The Labute approximate surface area is 130 Å². The predicted molar refractivity (Wildman–Crippen MR) is 90.4 cm³/mol. The molecule has 114 valence electrons. The van der Waals surface area contributed by atoms with E-state index in [1.165, 1.54) is 12.8 Å². The van der Waals surface area contributed by atoms with Crippen LogP contribution in [0.5, 0.6) is 0 Å². The van der Waals surface area contributed by atoms with Crippen LogP contribution in [0, 0.1) is 30.1 Å². The van der Waals surface area contributed by atoms with Crippen molar-refractivity contribution in [2.45, 2.75) is 52.4 Å². The molecule has 2 nitrogen and oxygen atoms in total. The number of nitrogens with one attached hydrogen (secondary N) is 1. The second-order valence-corrected chi connectivity index (χ2v) is 5.30. The van der Waals surface area contributed by atoms with Gasteiger partial charge in [-0.2, -0.15) is 0 Å². The molecule has 0 aliphatic carbocycles. The Bertz CT molecular complexity index is 427. The van der Waals surface area contributed by atoms with Gasteiger partial charge in [0.05, 0.1) is 0 Å². The lowest BCUT2D eigenvalue weighted by molar-refractivity contribution is -0.116. The summed E-state index contributed by atoms with van der Waals surface area (Å²) in [5, 5.41) is 2.86. The summed E-state index contributed by atoms with van der Waals surface area (Å²) in [5.74, 6) is 8.24. The van der Waals surface area contributed by atoms with Crippen LogP contribution in [-0.2, 0) is 4.79 Å². The maximum atomic E-state index is 11.4. The molecule has 0 aromatic rings. The first-order chi connectivity index (χ1) is 10.2. The number of amides is 1. The van der Waals surface area contributed by atoms with Crippen LogP contribution in [-0.4, -0.2) is 12.5 Å². The van der Waals surface area contributed by atoms with Gasteiger partial charge in [-0.3, -0.25) is 4.79 Å². The quantitative estimate of drug-likeness (QED) is 0.281. The lowest BCUT2D eigenvalue weighted by atomic mass is 10.1. The molecule has 1 N–H and O–H groups in total. The first kappa shape index (κ1) is 19.1. The Balaban J connectivity index is 3.43. The van der Waals surface area contributed by atoms with E-state index in [1.807, 2.05) is 6.08 Å². The van der Waals surface area contributed by atoms with E-state index in [2.05, 4.69) is 49.1 Å². The molecule has 0 radical (unpaired) electrons. The molecule has 0 bridgehead atoms. The van der Waals surface area contributed by atoms with Gasteiger partial charge in [-0.05, 0) is 49.5 Å². The summed E-state index contributed by atoms with van der Waals surface area (Å²) < 4.78 is 0. The zero-order chi connectivity index (χ0) is 15.8. The third-order valence-electron chi connectivity index (χ3n) is 2.74. The number of allylic oxidation sites excluding steroid dienone is 3. The van der Waals surface area contributed by atoms with E-state index in [0.717, 1.165) is 32.2 Å². The van der Waals surface area contributed by atoms with Gasteiger partial charge < -0.3 is 5.32 Å². The minimum atomic E-state index is 0.0136. The third-order valence-corrected chi connectivity index (χ3v) is 2.74. The summed E-state index contributed by atoms with van der Waals surface area (Å²) in [6, 6.07) is 0. The van der Waals surface area contributed by atoms with E-state index in [1.54, 1.807) is 6.08 Å². The number of carbonyl (C=O) groups excluding carboxylic acids is 1. The van der Waals surface area contributed by atoms with Gasteiger partial charge in [0.25, 0.3) is 0 Å². The molecule has 0 unspecified atom stereocenters. The molecule has 0 aromatic heterocycles. The molecule has 0 aliphatic heterocycles. The molecule has 0 aliphatic rings. The SMILES string of the molecule is C#CC#CC/C=C/CCCCC/C=C/C(=O)NCC(C)C. The standard InChI is InChI=1S/C19H27NO/c1-4-5-6-7-8-9-10-11-12-13-14-15-16-19(21)20-17-18(2)3/h1,8-9,15-16,18H,7,10-14,17H2,2-3H3,(H,20,21)/b9-8+,16-15+. The number of hydrogen-bond acceptors (Lipinski definition) is 1. The minimum absolute atomic E-state index is 0.0136. The first-order valence-corrected chi connectivity index (χ1v) is 7.69. The molecular weight excluding hydrogens is 258 g/mol. The van der Waals surface area contributed by atoms with Crippen molar-refractivity contribution in [2.75, 3.05) is 6.54 Å². The molecule has 1 amide bonds. The minimum Gasteiger partial charge on any atom is -0.352 e. The highest BCUT2D eigenvalue weighted by Crippen LogP contribution is 2.04.